The van der Waals surface area contributed by atoms with Gasteiger partial charge in [-0.2, -0.15) is 11.8 Å². The number of rotatable bonds is 6. The molecule has 88 valence electrons. The highest BCUT2D eigenvalue weighted by molar-refractivity contribution is 8.02. The van der Waals surface area contributed by atoms with Crippen molar-refractivity contribution in [3.63, 3.8) is 0 Å². The fourth-order valence-electron chi connectivity index (χ4n) is 1.49. The van der Waals surface area contributed by atoms with Crippen molar-refractivity contribution in [2.24, 2.45) is 5.92 Å². The minimum absolute atomic E-state index is 0.0966. The Labute approximate surface area is 105 Å². The van der Waals surface area contributed by atoms with E-state index in [0.29, 0.717) is 0 Å². The quantitative estimate of drug-likeness (QED) is 0.622. The van der Waals surface area contributed by atoms with Gasteiger partial charge in [0.05, 0.1) is 0 Å². The largest absolute Gasteiger partial charge is 0.316 e. The molecule has 0 unspecified atom stereocenters. The molecule has 0 radical (unpaired) electrons. The summed E-state index contributed by atoms with van der Waals surface area (Å²) in [7, 11) is 0. The second kappa shape index (κ2) is 6.52. The number of hydrogen-bond donors (Lipinski definition) is 1. The Morgan fingerprint density at radius 2 is 2.06 bits per heavy atom. The van der Waals surface area contributed by atoms with Crippen LogP contribution in [0.25, 0.3) is 0 Å². The third-order valence-electron chi connectivity index (χ3n) is 2.54. The van der Waals surface area contributed by atoms with E-state index in [2.05, 4.69) is 5.32 Å². The zero-order valence-corrected chi connectivity index (χ0v) is 10.7. The predicted molar refractivity (Wildman–Crippen MR) is 70.8 cm³/mol. The lowest BCUT2D eigenvalue weighted by atomic mass is 10.1. The molecule has 1 heterocycles. The van der Waals surface area contributed by atoms with Gasteiger partial charge in [0.25, 0.3) is 0 Å². The first-order valence-electron chi connectivity index (χ1n) is 5.52. The number of nitrogens with one attached hydrogen (secondary N) is 1. The van der Waals surface area contributed by atoms with Gasteiger partial charge in [0.1, 0.15) is 5.82 Å². The molecular formula is C12H16FNS2. The molecule has 0 saturated carbocycles. The summed E-state index contributed by atoms with van der Waals surface area (Å²) in [5.41, 5.74) is 0. The maximum atomic E-state index is 13.3. The van der Waals surface area contributed by atoms with Crippen LogP contribution in [-0.4, -0.2) is 30.3 Å². The summed E-state index contributed by atoms with van der Waals surface area (Å²) in [4.78, 5) is 0.772. The molecule has 0 aromatic heterocycles. The number of hydrogen-bond acceptors (Lipinski definition) is 3. The summed E-state index contributed by atoms with van der Waals surface area (Å²) in [5.74, 6) is 4.11. The van der Waals surface area contributed by atoms with E-state index >= 15 is 0 Å². The minimum Gasteiger partial charge on any atom is -0.316 e. The van der Waals surface area contributed by atoms with Gasteiger partial charge in [-0.25, -0.2) is 4.39 Å². The van der Waals surface area contributed by atoms with Crippen molar-refractivity contribution in [2.75, 3.05) is 30.3 Å². The molecule has 1 N–H and O–H groups in total. The Bertz CT molecular complexity index is 329. The van der Waals surface area contributed by atoms with Crippen molar-refractivity contribution < 1.29 is 4.39 Å². The summed E-state index contributed by atoms with van der Waals surface area (Å²) in [6, 6.07) is 6.99. The van der Waals surface area contributed by atoms with E-state index < -0.39 is 0 Å². The van der Waals surface area contributed by atoms with E-state index in [1.807, 2.05) is 23.9 Å². The molecule has 1 aromatic rings. The van der Waals surface area contributed by atoms with Gasteiger partial charge < -0.3 is 5.32 Å². The van der Waals surface area contributed by atoms with Gasteiger partial charge in [-0.15, -0.1) is 11.8 Å². The SMILES string of the molecule is Fc1ccccc1SCCSCC1CNC1. The van der Waals surface area contributed by atoms with Crippen molar-refractivity contribution in [1.29, 1.82) is 0 Å². The Morgan fingerprint density at radius 1 is 1.25 bits per heavy atom. The zero-order valence-electron chi connectivity index (χ0n) is 9.12. The maximum Gasteiger partial charge on any atom is 0.136 e. The average Bonchev–Trinajstić information content (AvgIpc) is 2.23. The van der Waals surface area contributed by atoms with E-state index in [1.54, 1.807) is 17.8 Å². The third-order valence-corrected chi connectivity index (χ3v) is 5.05. The van der Waals surface area contributed by atoms with Crippen molar-refractivity contribution >= 4 is 23.5 Å². The van der Waals surface area contributed by atoms with Crippen molar-refractivity contribution in [2.45, 2.75) is 4.90 Å². The van der Waals surface area contributed by atoms with Crippen LogP contribution in [0.3, 0.4) is 0 Å². The van der Waals surface area contributed by atoms with Gasteiger partial charge in [-0.3, -0.25) is 0 Å². The first-order chi connectivity index (χ1) is 7.86. The first kappa shape index (κ1) is 12.3. The van der Waals surface area contributed by atoms with Gasteiger partial charge in [0.15, 0.2) is 0 Å². The molecule has 0 amide bonds. The number of thioether (sulfide) groups is 2. The first-order valence-corrected chi connectivity index (χ1v) is 7.66. The molecule has 4 heteroatoms. The molecule has 0 bridgehead atoms. The Morgan fingerprint density at radius 3 is 2.75 bits per heavy atom. The molecule has 1 saturated heterocycles. The fourth-order valence-corrected chi connectivity index (χ4v) is 3.63. The van der Waals surface area contributed by atoms with Crippen molar-refractivity contribution in [3.05, 3.63) is 30.1 Å². The molecule has 1 aromatic carbocycles. The predicted octanol–water partition coefficient (Wildman–Crippen LogP) is 2.87. The van der Waals surface area contributed by atoms with Gasteiger partial charge in [-0.05, 0) is 36.9 Å². The standard InChI is InChI=1S/C12H16FNS2/c13-11-3-1-2-4-12(11)16-6-5-15-9-10-7-14-8-10/h1-4,10,14H,5-9H2. The van der Waals surface area contributed by atoms with E-state index in [1.165, 1.54) is 24.9 Å². The van der Waals surface area contributed by atoms with E-state index in [9.17, 15) is 4.39 Å². The fraction of sp³-hybridized carbons (Fsp3) is 0.500. The van der Waals surface area contributed by atoms with Crippen LogP contribution in [0, 0.1) is 11.7 Å². The van der Waals surface area contributed by atoms with Crippen LogP contribution >= 0.6 is 23.5 Å². The Kier molecular flexibility index (Phi) is 5.00. The molecule has 2 rings (SSSR count). The molecular weight excluding hydrogens is 241 g/mol. The Balaban J connectivity index is 1.58. The maximum absolute atomic E-state index is 13.3. The third kappa shape index (κ3) is 3.68. The van der Waals surface area contributed by atoms with Crippen LogP contribution in [0.1, 0.15) is 0 Å². The highest BCUT2D eigenvalue weighted by Crippen LogP contribution is 2.22. The van der Waals surface area contributed by atoms with Gasteiger partial charge in [-0.1, -0.05) is 12.1 Å². The molecule has 1 nitrogen and oxygen atoms in total. The lowest BCUT2D eigenvalue weighted by Gasteiger charge is -2.26. The minimum atomic E-state index is -0.0966. The molecule has 1 fully saturated rings. The second-order valence-corrected chi connectivity index (χ2v) is 6.16. The van der Waals surface area contributed by atoms with Crippen LogP contribution in [-0.2, 0) is 0 Å². The number of halogens is 1. The monoisotopic (exact) mass is 257 g/mol. The van der Waals surface area contributed by atoms with Crippen molar-refractivity contribution in [3.8, 4) is 0 Å². The summed E-state index contributed by atoms with van der Waals surface area (Å²) < 4.78 is 13.3. The molecule has 0 atom stereocenters. The van der Waals surface area contributed by atoms with Crippen LogP contribution < -0.4 is 5.32 Å². The van der Waals surface area contributed by atoms with Gasteiger partial charge in [0.2, 0.25) is 0 Å². The van der Waals surface area contributed by atoms with Gasteiger partial charge >= 0.3 is 0 Å². The summed E-state index contributed by atoms with van der Waals surface area (Å²) >= 11 is 3.59. The van der Waals surface area contributed by atoms with Crippen LogP contribution in [0.2, 0.25) is 0 Å². The molecule has 1 aliphatic heterocycles. The zero-order chi connectivity index (χ0) is 11.2. The molecule has 1 aliphatic rings. The Hall–Kier alpha value is -0.190. The van der Waals surface area contributed by atoms with Crippen LogP contribution in [0.5, 0.6) is 0 Å². The summed E-state index contributed by atoms with van der Waals surface area (Å²) in [6.07, 6.45) is 0. The molecule has 0 spiro atoms. The molecule has 0 aliphatic carbocycles. The lowest BCUT2D eigenvalue weighted by Crippen LogP contribution is -2.43. The summed E-state index contributed by atoms with van der Waals surface area (Å²) in [6.45, 7) is 2.35. The highest BCUT2D eigenvalue weighted by Gasteiger charge is 2.15. The van der Waals surface area contributed by atoms with Gasteiger partial charge in [0, 0.05) is 16.4 Å². The second-order valence-electron chi connectivity index (χ2n) is 3.88. The van der Waals surface area contributed by atoms with Crippen LogP contribution in [0.15, 0.2) is 29.2 Å². The average molecular weight is 257 g/mol. The lowest BCUT2D eigenvalue weighted by molar-refractivity contribution is 0.385. The highest BCUT2D eigenvalue weighted by atomic mass is 32.2. The van der Waals surface area contributed by atoms with E-state index in [0.717, 1.165) is 22.3 Å². The van der Waals surface area contributed by atoms with Crippen LogP contribution in [0.4, 0.5) is 4.39 Å². The summed E-state index contributed by atoms with van der Waals surface area (Å²) in [5, 5.41) is 3.27. The normalized spacial score (nSPS) is 16.1. The molecule has 16 heavy (non-hydrogen) atoms. The van der Waals surface area contributed by atoms with Crippen molar-refractivity contribution in [1.82, 2.24) is 5.32 Å². The smallest absolute Gasteiger partial charge is 0.136 e. The van der Waals surface area contributed by atoms with E-state index in [4.69, 9.17) is 0 Å². The number of benzene rings is 1. The topological polar surface area (TPSA) is 12.0 Å². The van der Waals surface area contributed by atoms with E-state index in [-0.39, 0.29) is 5.82 Å².